The van der Waals surface area contributed by atoms with Crippen molar-refractivity contribution in [1.82, 2.24) is 5.32 Å². The molecule has 2 heterocycles. The quantitative estimate of drug-likeness (QED) is 0.662. The van der Waals surface area contributed by atoms with Crippen LogP contribution in [0.2, 0.25) is 0 Å². The smallest absolute Gasteiger partial charge is 0.405 e. The number of alkyl halides is 3. The molecular weight excluding hydrogens is 459 g/mol. The van der Waals surface area contributed by atoms with Crippen LogP contribution in [0.15, 0.2) is 53.2 Å². The fourth-order valence-electron chi connectivity index (χ4n) is 3.06. The molecule has 0 aromatic heterocycles. The Bertz CT molecular complexity index is 1150. The minimum atomic E-state index is -4.50. The molecule has 2 aliphatic rings. The van der Waals surface area contributed by atoms with E-state index in [1.54, 1.807) is 36.4 Å². The molecule has 4 rings (SSSR count). The summed E-state index contributed by atoms with van der Waals surface area (Å²) in [6.07, 6.45) is -2.93. The topological polar surface area (TPSA) is 80.2 Å². The minimum absolute atomic E-state index is 0.116. The Morgan fingerprint density at radius 2 is 1.91 bits per heavy atom. The summed E-state index contributed by atoms with van der Waals surface area (Å²) in [5.41, 5.74) is 2.29. The van der Waals surface area contributed by atoms with Gasteiger partial charge in [0.1, 0.15) is 12.2 Å². The molecule has 7 nitrogen and oxygen atoms in total. The van der Waals surface area contributed by atoms with Crippen LogP contribution in [0.1, 0.15) is 11.1 Å². The van der Waals surface area contributed by atoms with Gasteiger partial charge in [0.2, 0.25) is 12.7 Å². The number of nitrogens with zero attached hydrogens (tertiary/aromatic N) is 2. The van der Waals surface area contributed by atoms with Gasteiger partial charge in [-0.25, -0.2) is 4.99 Å². The van der Waals surface area contributed by atoms with E-state index in [-0.39, 0.29) is 23.4 Å². The van der Waals surface area contributed by atoms with Gasteiger partial charge in [0.25, 0.3) is 5.91 Å². The first-order valence-corrected chi connectivity index (χ1v) is 10.8. The Balaban J connectivity index is 1.57. The first kappa shape index (κ1) is 22.7. The highest BCUT2D eigenvalue weighted by Gasteiger charge is 2.33. The van der Waals surface area contributed by atoms with Crippen molar-refractivity contribution in [1.29, 1.82) is 0 Å². The number of thioether (sulfide) groups is 1. The zero-order valence-electron chi connectivity index (χ0n) is 17.3. The van der Waals surface area contributed by atoms with Crippen LogP contribution in [0.3, 0.4) is 0 Å². The van der Waals surface area contributed by atoms with Gasteiger partial charge in [0, 0.05) is 0 Å². The lowest BCUT2D eigenvalue weighted by Crippen LogP contribution is -2.36. The van der Waals surface area contributed by atoms with Gasteiger partial charge >= 0.3 is 6.18 Å². The molecule has 0 saturated heterocycles. The lowest BCUT2D eigenvalue weighted by molar-refractivity contribution is -0.136. The van der Waals surface area contributed by atoms with E-state index >= 15 is 0 Å². The first-order valence-electron chi connectivity index (χ1n) is 9.77. The Kier molecular flexibility index (Phi) is 6.32. The molecule has 11 heteroatoms. The van der Waals surface area contributed by atoms with Crippen molar-refractivity contribution in [3.05, 3.63) is 59.3 Å². The SMILES string of the molecule is Cc1ccc(N2C(=O)C(=Cc3ccc4c(c3)OCO4)N=C2SCC(=O)NCC(F)(F)F)cc1. The highest BCUT2D eigenvalue weighted by molar-refractivity contribution is 8.14. The molecule has 0 aliphatic carbocycles. The summed E-state index contributed by atoms with van der Waals surface area (Å²) < 4.78 is 47.7. The maximum absolute atomic E-state index is 13.2. The summed E-state index contributed by atoms with van der Waals surface area (Å²) in [5, 5.41) is 2.00. The molecule has 0 fully saturated rings. The zero-order valence-corrected chi connectivity index (χ0v) is 18.1. The van der Waals surface area contributed by atoms with Crippen molar-refractivity contribution >= 4 is 40.5 Å². The van der Waals surface area contributed by atoms with Crippen LogP contribution in [0.5, 0.6) is 11.5 Å². The summed E-state index contributed by atoms with van der Waals surface area (Å²) in [5.74, 6) is -0.424. The first-order chi connectivity index (χ1) is 15.7. The van der Waals surface area contributed by atoms with Gasteiger partial charge in [-0.3, -0.25) is 14.5 Å². The predicted octanol–water partition coefficient (Wildman–Crippen LogP) is 3.88. The van der Waals surface area contributed by atoms with E-state index < -0.39 is 24.5 Å². The van der Waals surface area contributed by atoms with Crippen LogP contribution < -0.4 is 19.7 Å². The average Bonchev–Trinajstić information content (AvgIpc) is 3.35. The van der Waals surface area contributed by atoms with Crippen LogP contribution in [-0.4, -0.2) is 42.2 Å². The van der Waals surface area contributed by atoms with Crippen molar-refractivity contribution < 1.29 is 32.2 Å². The molecule has 0 saturated carbocycles. The van der Waals surface area contributed by atoms with E-state index in [0.717, 1.165) is 17.3 Å². The van der Waals surface area contributed by atoms with E-state index in [1.807, 2.05) is 24.4 Å². The number of aliphatic imine (C=N–C) groups is 1. The number of rotatable bonds is 5. The Morgan fingerprint density at radius 1 is 1.18 bits per heavy atom. The van der Waals surface area contributed by atoms with E-state index in [9.17, 15) is 22.8 Å². The fraction of sp³-hybridized carbons (Fsp3) is 0.227. The third-order valence-electron chi connectivity index (χ3n) is 4.64. The van der Waals surface area contributed by atoms with Gasteiger partial charge < -0.3 is 14.8 Å². The van der Waals surface area contributed by atoms with Crippen LogP contribution in [-0.2, 0) is 9.59 Å². The molecule has 0 bridgehead atoms. The molecular formula is C22H18F3N3O4S. The highest BCUT2D eigenvalue weighted by Crippen LogP contribution is 2.34. The van der Waals surface area contributed by atoms with Gasteiger partial charge in [0.15, 0.2) is 16.7 Å². The monoisotopic (exact) mass is 477 g/mol. The maximum atomic E-state index is 13.2. The van der Waals surface area contributed by atoms with Crippen molar-refractivity contribution in [2.75, 3.05) is 24.0 Å². The summed E-state index contributed by atoms with van der Waals surface area (Å²) in [4.78, 5) is 30.7. The molecule has 2 aromatic rings. The highest BCUT2D eigenvalue weighted by atomic mass is 32.2. The number of benzene rings is 2. The normalized spacial score (nSPS) is 16.4. The predicted molar refractivity (Wildman–Crippen MR) is 118 cm³/mol. The van der Waals surface area contributed by atoms with Crippen molar-refractivity contribution in [2.24, 2.45) is 4.99 Å². The molecule has 2 aromatic carbocycles. The second-order valence-electron chi connectivity index (χ2n) is 7.19. The van der Waals surface area contributed by atoms with Gasteiger partial charge in [-0.05, 0) is 42.8 Å². The summed E-state index contributed by atoms with van der Waals surface area (Å²) in [7, 11) is 0. The number of hydrogen-bond donors (Lipinski definition) is 1. The van der Waals surface area contributed by atoms with E-state index in [4.69, 9.17) is 9.47 Å². The largest absolute Gasteiger partial charge is 0.454 e. The van der Waals surface area contributed by atoms with Crippen LogP contribution in [0.25, 0.3) is 6.08 Å². The molecule has 1 N–H and O–H groups in total. The average molecular weight is 477 g/mol. The Hall–Kier alpha value is -3.47. The number of aryl methyl sites for hydroxylation is 1. The summed E-state index contributed by atoms with van der Waals surface area (Å²) >= 11 is 0.878. The van der Waals surface area contributed by atoms with Crippen LogP contribution in [0.4, 0.5) is 18.9 Å². The number of hydrogen-bond acceptors (Lipinski definition) is 6. The summed E-state index contributed by atoms with van der Waals surface area (Å²) in [6, 6.07) is 12.3. The van der Waals surface area contributed by atoms with E-state index in [0.29, 0.717) is 22.7 Å². The standard InChI is InChI=1S/C22H18F3N3O4S/c1-13-2-5-15(6-3-13)28-20(30)16(8-14-4-7-17-18(9-14)32-12-31-17)27-21(28)33-10-19(29)26-11-22(23,24)25/h2-9H,10-12H2,1H3,(H,26,29). The van der Waals surface area contributed by atoms with Crippen LogP contribution >= 0.6 is 11.8 Å². The molecule has 0 atom stereocenters. The van der Waals surface area contributed by atoms with Gasteiger partial charge in [0.05, 0.1) is 11.4 Å². The molecule has 0 radical (unpaired) electrons. The van der Waals surface area contributed by atoms with Gasteiger partial charge in [-0.1, -0.05) is 35.5 Å². The van der Waals surface area contributed by atoms with Crippen molar-refractivity contribution in [3.63, 3.8) is 0 Å². The third kappa shape index (κ3) is 5.48. The third-order valence-corrected chi connectivity index (χ3v) is 5.58. The number of halogens is 3. The molecule has 0 unspecified atom stereocenters. The number of ether oxygens (including phenoxy) is 2. The van der Waals surface area contributed by atoms with Crippen LogP contribution in [0, 0.1) is 6.92 Å². The molecule has 2 aliphatic heterocycles. The molecule has 0 spiro atoms. The van der Waals surface area contributed by atoms with Crippen molar-refractivity contribution in [3.8, 4) is 11.5 Å². The zero-order chi connectivity index (χ0) is 23.6. The van der Waals surface area contributed by atoms with E-state index in [1.165, 1.54) is 4.90 Å². The Labute approximate surface area is 191 Å². The lowest BCUT2D eigenvalue weighted by atomic mass is 10.1. The van der Waals surface area contributed by atoms with Crippen molar-refractivity contribution in [2.45, 2.75) is 13.1 Å². The molecule has 33 heavy (non-hydrogen) atoms. The second kappa shape index (κ2) is 9.18. The number of carbonyl (C=O) groups is 2. The number of carbonyl (C=O) groups excluding carboxylic acids is 2. The van der Waals surface area contributed by atoms with Gasteiger partial charge in [-0.2, -0.15) is 13.2 Å². The number of anilines is 1. The fourth-order valence-corrected chi connectivity index (χ4v) is 3.90. The summed E-state index contributed by atoms with van der Waals surface area (Å²) in [6.45, 7) is 0.592. The van der Waals surface area contributed by atoms with E-state index in [2.05, 4.69) is 4.99 Å². The lowest BCUT2D eigenvalue weighted by Gasteiger charge is -2.18. The number of fused-ring (bicyclic) bond motifs is 1. The second-order valence-corrected chi connectivity index (χ2v) is 8.14. The maximum Gasteiger partial charge on any atom is 0.405 e. The Morgan fingerprint density at radius 3 is 2.64 bits per heavy atom. The van der Waals surface area contributed by atoms with Gasteiger partial charge in [-0.15, -0.1) is 0 Å². The minimum Gasteiger partial charge on any atom is -0.454 e. The number of amidine groups is 1. The molecule has 2 amide bonds. The number of amides is 2. The molecule has 172 valence electrons. The number of nitrogens with one attached hydrogen (secondary N) is 1.